The molecule has 3 amide bonds. The third-order valence-corrected chi connectivity index (χ3v) is 8.10. The van der Waals surface area contributed by atoms with E-state index in [1.54, 1.807) is 24.3 Å². The van der Waals surface area contributed by atoms with Crippen molar-refractivity contribution in [3.8, 4) is 0 Å². The van der Waals surface area contributed by atoms with Crippen LogP contribution in [0.25, 0.3) is 0 Å². The Morgan fingerprint density at radius 2 is 1.42 bits per heavy atom. The highest BCUT2D eigenvalue weighted by atomic mass is 16.2. The molecule has 8 heteroatoms. The Bertz CT molecular complexity index is 1710. The molecule has 4 aromatic rings. The molecule has 0 bridgehead atoms. The molecular formula is C37H38N4O4. The number of fused-ring (bicyclic) bond motifs is 1. The highest BCUT2D eigenvalue weighted by molar-refractivity contribution is 6.52. The number of hydrogen-bond donors (Lipinski definition) is 1. The van der Waals surface area contributed by atoms with Crippen molar-refractivity contribution in [3.63, 3.8) is 0 Å². The number of aryl methyl sites for hydroxylation is 1. The monoisotopic (exact) mass is 602 g/mol. The van der Waals surface area contributed by atoms with Gasteiger partial charge in [0.15, 0.2) is 0 Å². The van der Waals surface area contributed by atoms with Crippen LogP contribution in [0.2, 0.25) is 0 Å². The minimum absolute atomic E-state index is 0.111. The third kappa shape index (κ3) is 6.80. The zero-order valence-corrected chi connectivity index (χ0v) is 26.3. The highest BCUT2D eigenvalue weighted by Gasteiger charge is 2.39. The van der Waals surface area contributed by atoms with Crippen LogP contribution in [-0.4, -0.2) is 49.0 Å². The zero-order valence-electron chi connectivity index (χ0n) is 26.3. The first kappa shape index (κ1) is 31.2. The molecule has 1 aliphatic heterocycles. The number of nitrogens with zero attached hydrogens (tertiary/aromatic N) is 3. The van der Waals surface area contributed by atoms with Crippen LogP contribution in [0.1, 0.15) is 58.4 Å². The van der Waals surface area contributed by atoms with E-state index in [2.05, 4.69) is 19.2 Å². The Labute approximate surface area is 264 Å². The van der Waals surface area contributed by atoms with Gasteiger partial charge in [0.25, 0.3) is 17.6 Å². The summed E-state index contributed by atoms with van der Waals surface area (Å²) in [6.45, 7) is 5.89. The predicted octanol–water partition coefficient (Wildman–Crippen LogP) is 6.12. The van der Waals surface area contributed by atoms with E-state index in [0.29, 0.717) is 16.9 Å². The average Bonchev–Trinajstić information content (AvgIpc) is 3.27. The summed E-state index contributed by atoms with van der Waals surface area (Å²) in [5.74, 6) is -1.99. The molecule has 8 nitrogen and oxygen atoms in total. The van der Waals surface area contributed by atoms with Crippen molar-refractivity contribution in [3.05, 3.63) is 125 Å². The van der Waals surface area contributed by atoms with Gasteiger partial charge in [-0.15, -0.1) is 0 Å². The number of carbonyl (C=O) groups is 4. The second kappa shape index (κ2) is 13.2. The van der Waals surface area contributed by atoms with Crippen LogP contribution >= 0.6 is 0 Å². The topological polar surface area (TPSA) is 90.0 Å². The van der Waals surface area contributed by atoms with Gasteiger partial charge in [0, 0.05) is 32.0 Å². The summed E-state index contributed by atoms with van der Waals surface area (Å²) in [5, 5.41) is 3.01. The van der Waals surface area contributed by atoms with E-state index in [-0.39, 0.29) is 18.0 Å². The van der Waals surface area contributed by atoms with Gasteiger partial charge in [-0.05, 0) is 65.9 Å². The highest BCUT2D eigenvalue weighted by Crippen LogP contribution is 2.31. The summed E-state index contributed by atoms with van der Waals surface area (Å²) in [4.78, 5) is 59.0. The normalized spacial score (nSPS) is 13.1. The molecule has 4 aromatic carbocycles. The molecule has 1 N–H and O–H groups in total. The number of nitrogens with one attached hydrogen (secondary N) is 1. The van der Waals surface area contributed by atoms with E-state index in [1.165, 1.54) is 9.80 Å². The molecule has 1 heterocycles. The number of rotatable bonds is 10. The van der Waals surface area contributed by atoms with Gasteiger partial charge in [-0.25, -0.2) is 0 Å². The molecular weight excluding hydrogens is 564 g/mol. The average molecular weight is 603 g/mol. The minimum atomic E-state index is -1.03. The van der Waals surface area contributed by atoms with E-state index >= 15 is 0 Å². The molecule has 0 aliphatic carbocycles. The Morgan fingerprint density at radius 1 is 0.800 bits per heavy atom. The number of Topliss-reactive ketones (excluding diaryl/α,β-unsaturated/α-hetero) is 1. The largest absolute Gasteiger partial charge is 0.378 e. The molecule has 0 fully saturated rings. The van der Waals surface area contributed by atoms with E-state index in [9.17, 15) is 19.2 Å². The first-order valence-corrected chi connectivity index (χ1v) is 15.0. The number of hydrogen-bond acceptors (Lipinski definition) is 5. The molecule has 0 saturated carbocycles. The maximum Gasteiger partial charge on any atom is 0.299 e. The number of amides is 3. The first-order chi connectivity index (χ1) is 21.5. The van der Waals surface area contributed by atoms with Gasteiger partial charge in [0.1, 0.15) is 12.6 Å². The van der Waals surface area contributed by atoms with Crippen LogP contribution in [0.3, 0.4) is 0 Å². The summed E-state index contributed by atoms with van der Waals surface area (Å²) < 4.78 is 0. The quantitative estimate of drug-likeness (QED) is 0.221. The van der Waals surface area contributed by atoms with Gasteiger partial charge < -0.3 is 15.1 Å². The van der Waals surface area contributed by atoms with Crippen LogP contribution in [0.4, 0.5) is 17.1 Å². The van der Waals surface area contributed by atoms with Gasteiger partial charge in [0.05, 0.1) is 11.3 Å². The Balaban J connectivity index is 1.55. The fourth-order valence-electron chi connectivity index (χ4n) is 5.43. The lowest BCUT2D eigenvalue weighted by Gasteiger charge is -2.33. The van der Waals surface area contributed by atoms with E-state index in [0.717, 1.165) is 22.4 Å². The molecule has 1 aliphatic rings. The second-order valence-corrected chi connectivity index (χ2v) is 11.9. The Kier molecular flexibility index (Phi) is 9.13. The number of carbonyl (C=O) groups excluding carboxylic acids is 4. The Morgan fingerprint density at radius 3 is 2.04 bits per heavy atom. The fraction of sp³-hybridized carbons (Fsp3) is 0.243. The molecule has 1 unspecified atom stereocenters. The zero-order chi connectivity index (χ0) is 32.2. The maximum atomic E-state index is 14.3. The lowest BCUT2D eigenvalue weighted by molar-refractivity contribution is -0.139. The van der Waals surface area contributed by atoms with Crippen LogP contribution in [-0.2, 0) is 20.9 Å². The first-order valence-electron chi connectivity index (χ1n) is 15.0. The van der Waals surface area contributed by atoms with Crippen LogP contribution < -0.4 is 15.1 Å². The van der Waals surface area contributed by atoms with Crippen molar-refractivity contribution in [2.24, 2.45) is 0 Å². The summed E-state index contributed by atoms with van der Waals surface area (Å²) in [6, 6.07) is 28.5. The van der Waals surface area contributed by atoms with Crippen LogP contribution in [0.5, 0.6) is 0 Å². The summed E-state index contributed by atoms with van der Waals surface area (Å²) in [5.41, 5.74) is 5.85. The predicted molar refractivity (Wildman–Crippen MR) is 178 cm³/mol. The summed E-state index contributed by atoms with van der Waals surface area (Å²) in [7, 11) is 3.88. The number of anilines is 3. The van der Waals surface area contributed by atoms with Gasteiger partial charge in [-0.1, -0.05) is 80.1 Å². The van der Waals surface area contributed by atoms with Crippen molar-refractivity contribution in [1.29, 1.82) is 0 Å². The minimum Gasteiger partial charge on any atom is -0.378 e. The second-order valence-electron chi connectivity index (χ2n) is 11.9. The van der Waals surface area contributed by atoms with Gasteiger partial charge in [-0.3, -0.25) is 24.1 Å². The smallest absolute Gasteiger partial charge is 0.299 e. The van der Waals surface area contributed by atoms with Crippen molar-refractivity contribution in [1.82, 2.24) is 4.90 Å². The third-order valence-electron chi connectivity index (χ3n) is 8.10. The molecule has 0 saturated heterocycles. The van der Waals surface area contributed by atoms with Crippen LogP contribution in [0, 0.1) is 6.92 Å². The maximum absolute atomic E-state index is 14.3. The Hall–Kier alpha value is -5.24. The standard InChI is InChI=1S/C37H38N4O4/c1-24(2)27-14-16-28(17-15-27)34(36(44)38-29-18-20-30(21-19-29)39(4)5)41(22-26-12-10-25(3)11-13-26)33(42)23-40-32-9-7-6-8-31(32)35(43)37(40)45/h6-21,24,34H,22-23H2,1-5H3,(H,38,44). The van der Waals surface area contributed by atoms with Crippen molar-refractivity contribution < 1.29 is 19.2 Å². The molecule has 0 spiro atoms. The molecule has 0 radical (unpaired) electrons. The SMILES string of the molecule is Cc1ccc(CN(C(=O)CN2C(=O)C(=O)c3ccccc32)C(C(=O)Nc2ccc(N(C)C)cc2)c2ccc(C(C)C)cc2)cc1. The number of benzene rings is 4. The van der Waals surface area contributed by atoms with Crippen molar-refractivity contribution in [2.45, 2.75) is 39.3 Å². The van der Waals surface area contributed by atoms with E-state index in [4.69, 9.17) is 0 Å². The van der Waals surface area contributed by atoms with E-state index < -0.39 is 36.1 Å². The lowest BCUT2D eigenvalue weighted by Crippen LogP contribution is -2.46. The van der Waals surface area contributed by atoms with Crippen molar-refractivity contribution >= 4 is 40.6 Å². The molecule has 5 rings (SSSR count). The van der Waals surface area contributed by atoms with Gasteiger partial charge >= 0.3 is 0 Å². The number of ketones is 1. The molecule has 230 valence electrons. The van der Waals surface area contributed by atoms with Gasteiger partial charge in [-0.2, -0.15) is 0 Å². The summed E-state index contributed by atoms with van der Waals surface area (Å²) in [6.07, 6.45) is 0. The fourth-order valence-corrected chi connectivity index (χ4v) is 5.43. The molecule has 0 aromatic heterocycles. The van der Waals surface area contributed by atoms with Crippen molar-refractivity contribution in [2.75, 3.05) is 35.8 Å². The number of para-hydroxylation sites is 1. The molecule has 1 atom stereocenters. The lowest BCUT2D eigenvalue weighted by atomic mass is 9.97. The molecule has 45 heavy (non-hydrogen) atoms. The van der Waals surface area contributed by atoms with Gasteiger partial charge in [0.2, 0.25) is 5.91 Å². The summed E-state index contributed by atoms with van der Waals surface area (Å²) >= 11 is 0. The van der Waals surface area contributed by atoms with Crippen LogP contribution in [0.15, 0.2) is 97.1 Å². The van der Waals surface area contributed by atoms with E-state index in [1.807, 2.05) is 98.7 Å².